The second-order valence-corrected chi connectivity index (χ2v) is 5.53. The van der Waals surface area contributed by atoms with Crippen molar-refractivity contribution in [1.29, 1.82) is 0 Å². The van der Waals surface area contributed by atoms with E-state index >= 15 is 0 Å². The topological polar surface area (TPSA) is 58.4 Å². The first-order valence-electron chi connectivity index (χ1n) is 6.57. The van der Waals surface area contributed by atoms with Crippen LogP contribution in [0.3, 0.4) is 0 Å². The fourth-order valence-corrected chi connectivity index (χ4v) is 2.69. The van der Waals surface area contributed by atoms with Gasteiger partial charge in [-0.15, -0.1) is 11.3 Å². The zero-order chi connectivity index (χ0) is 15.1. The van der Waals surface area contributed by atoms with Crippen molar-refractivity contribution in [2.75, 3.05) is 13.7 Å². The summed E-state index contributed by atoms with van der Waals surface area (Å²) >= 11 is 1.57. The van der Waals surface area contributed by atoms with Gasteiger partial charge in [-0.05, 0) is 12.1 Å². The molecule has 0 saturated carbocycles. The van der Waals surface area contributed by atoms with Gasteiger partial charge in [0.25, 0.3) is 0 Å². The highest BCUT2D eigenvalue weighted by Gasteiger charge is 2.10. The number of carbonyl (C=O) groups is 1. The van der Waals surface area contributed by atoms with Gasteiger partial charge in [0.1, 0.15) is 6.61 Å². The number of rotatable bonds is 5. The number of hydrogen-bond donors (Lipinski definition) is 1. The summed E-state index contributed by atoms with van der Waals surface area (Å²) < 4.78 is 1.75. The highest BCUT2D eigenvalue weighted by Crippen LogP contribution is 2.16. The van der Waals surface area contributed by atoms with Crippen LogP contribution in [0.1, 0.15) is 16.9 Å². The van der Waals surface area contributed by atoms with Crippen LogP contribution in [0.25, 0.3) is 0 Å². The van der Waals surface area contributed by atoms with Crippen LogP contribution in [-0.2, 0) is 17.9 Å². The summed E-state index contributed by atoms with van der Waals surface area (Å²) in [5, 5.41) is 14.7. The largest absolute Gasteiger partial charge is 0.384 e. The second-order valence-electron chi connectivity index (χ2n) is 4.53. The van der Waals surface area contributed by atoms with Crippen LogP contribution in [0.15, 0.2) is 29.9 Å². The quantitative estimate of drug-likeness (QED) is 0.848. The summed E-state index contributed by atoms with van der Waals surface area (Å²) in [6, 6.07) is 3.79. The number of aliphatic hydroxyl groups is 1. The third kappa shape index (κ3) is 4.74. The molecule has 21 heavy (non-hydrogen) atoms. The first-order valence-corrected chi connectivity index (χ1v) is 7.45. The van der Waals surface area contributed by atoms with Gasteiger partial charge in [-0.3, -0.25) is 9.48 Å². The Bertz CT molecular complexity index is 637. The number of thiophene rings is 1. The fourth-order valence-electron chi connectivity index (χ4n) is 1.83. The Morgan fingerprint density at radius 1 is 1.57 bits per heavy atom. The van der Waals surface area contributed by atoms with Gasteiger partial charge in [0, 0.05) is 48.2 Å². The van der Waals surface area contributed by atoms with Gasteiger partial charge in [-0.25, -0.2) is 0 Å². The third-order valence-corrected chi connectivity index (χ3v) is 3.82. The number of aromatic nitrogens is 2. The molecular weight excluding hydrogens is 286 g/mol. The lowest BCUT2D eigenvalue weighted by Crippen LogP contribution is -2.26. The van der Waals surface area contributed by atoms with E-state index in [0.29, 0.717) is 19.5 Å². The van der Waals surface area contributed by atoms with Crippen LogP contribution in [0, 0.1) is 11.8 Å². The van der Waals surface area contributed by atoms with Gasteiger partial charge in [0.2, 0.25) is 5.91 Å². The van der Waals surface area contributed by atoms with Crippen molar-refractivity contribution in [2.24, 2.45) is 0 Å². The number of carbonyl (C=O) groups excluding carboxylic acids is 1. The van der Waals surface area contributed by atoms with Crippen molar-refractivity contribution in [3.8, 4) is 11.8 Å². The summed E-state index contributed by atoms with van der Waals surface area (Å²) in [6.07, 6.45) is 3.98. The zero-order valence-corrected chi connectivity index (χ0v) is 12.6. The first-order chi connectivity index (χ1) is 10.2. The minimum atomic E-state index is -0.142. The van der Waals surface area contributed by atoms with Gasteiger partial charge in [0.15, 0.2) is 0 Å². The van der Waals surface area contributed by atoms with Crippen molar-refractivity contribution in [3.05, 3.63) is 40.3 Å². The third-order valence-electron chi connectivity index (χ3n) is 2.90. The number of amides is 1. The van der Waals surface area contributed by atoms with Crippen LogP contribution in [0.4, 0.5) is 0 Å². The molecule has 1 amide bonds. The molecule has 1 N–H and O–H groups in total. The van der Waals surface area contributed by atoms with E-state index in [4.69, 9.17) is 5.11 Å². The zero-order valence-electron chi connectivity index (χ0n) is 11.8. The Balaban J connectivity index is 1.84. The molecule has 0 saturated heterocycles. The normalized spacial score (nSPS) is 10.0. The maximum Gasteiger partial charge on any atom is 0.224 e. The summed E-state index contributed by atoms with van der Waals surface area (Å²) in [7, 11) is 1.80. The molecule has 0 aliphatic carbocycles. The molecule has 0 spiro atoms. The molecule has 2 heterocycles. The minimum absolute atomic E-state index is 0.0851. The first kappa shape index (κ1) is 15.3. The maximum atomic E-state index is 12.0. The van der Waals surface area contributed by atoms with Crippen LogP contribution < -0.4 is 0 Å². The highest BCUT2D eigenvalue weighted by atomic mass is 32.1. The molecule has 0 fully saturated rings. The maximum absolute atomic E-state index is 12.0. The number of aryl methyl sites for hydroxylation is 1. The standard InChI is InChI=1S/C15H17N3O2S/c1-17(15(20)5-8-18-7-3-6-16-18)11-14-10-13(12-21-14)4-2-9-19/h3,6-7,10,12,19H,5,8-9,11H2,1H3. The second kappa shape index (κ2) is 7.62. The van der Waals surface area contributed by atoms with Crippen molar-refractivity contribution in [3.63, 3.8) is 0 Å². The Kier molecular flexibility index (Phi) is 5.55. The molecule has 0 aromatic carbocycles. The van der Waals surface area contributed by atoms with Crippen LogP contribution in [-0.4, -0.2) is 39.3 Å². The van der Waals surface area contributed by atoms with Gasteiger partial charge in [-0.2, -0.15) is 5.10 Å². The smallest absolute Gasteiger partial charge is 0.224 e. The Morgan fingerprint density at radius 3 is 3.14 bits per heavy atom. The summed E-state index contributed by atoms with van der Waals surface area (Å²) in [5.41, 5.74) is 0.876. The van der Waals surface area contributed by atoms with E-state index in [1.807, 2.05) is 23.7 Å². The van der Waals surface area contributed by atoms with Crippen LogP contribution in [0.5, 0.6) is 0 Å². The van der Waals surface area contributed by atoms with Gasteiger partial charge in [0.05, 0.1) is 6.54 Å². The molecule has 110 valence electrons. The van der Waals surface area contributed by atoms with Gasteiger partial charge < -0.3 is 10.0 Å². The number of nitrogens with zero attached hydrogens (tertiary/aromatic N) is 3. The van der Waals surface area contributed by atoms with Crippen LogP contribution >= 0.6 is 11.3 Å². The predicted molar refractivity (Wildman–Crippen MR) is 81.6 cm³/mol. The highest BCUT2D eigenvalue weighted by molar-refractivity contribution is 7.10. The molecule has 6 heteroatoms. The van der Waals surface area contributed by atoms with E-state index in [0.717, 1.165) is 10.4 Å². The lowest BCUT2D eigenvalue weighted by atomic mass is 10.3. The summed E-state index contributed by atoms with van der Waals surface area (Å²) in [6.45, 7) is 1.02. The van der Waals surface area contributed by atoms with Crippen molar-refractivity contribution < 1.29 is 9.90 Å². The Morgan fingerprint density at radius 2 is 2.43 bits per heavy atom. The molecule has 0 aliphatic heterocycles. The molecular formula is C15H17N3O2S. The number of hydrogen-bond acceptors (Lipinski definition) is 4. The minimum Gasteiger partial charge on any atom is -0.384 e. The molecule has 0 bridgehead atoms. The molecule has 0 unspecified atom stereocenters. The summed E-state index contributed by atoms with van der Waals surface area (Å²) in [5.74, 6) is 5.55. The Hall–Kier alpha value is -2.10. The van der Waals surface area contributed by atoms with Crippen molar-refractivity contribution in [1.82, 2.24) is 14.7 Å². The molecule has 0 atom stereocenters. The van der Waals surface area contributed by atoms with Crippen molar-refractivity contribution >= 4 is 17.2 Å². The fraction of sp³-hybridized carbons (Fsp3) is 0.333. The van der Waals surface area contributed by atoms with E-state index in [9.17, 15) is 4.79 Å². The van der Waals surface area contributed by atoms with Crippen LogP contribution in [0.2, 0.25) is 0 Å². The van der Waals surface area contributed by atoms with E-state index in [2.05, 4.69) is 16.9 Å². The Labute approximate surface area is 127 Å². The van der Waals surface area contributed by atoms with Crippen molar-refractivity contribution in [2.45, 2.75) is 19.5 Å². The monoisotopic (exact) mass is 303 g/mol. The average Bonchev–Trinajstić information content (AvgIpc) is 3.14. The van der Waals surface area contributed by atoms with E-state index < -0.39 is 0 Å². The lowest BCUT2D eigenvalue weighted by Gasteiger charge is -2.16. The van der Waals surface area contributed by atoms with Gasteiger partial charge >= 0.3 is 0 Å². The van der Waals surface area contributed by atoms with E-state index in [-0.39, 0.29) is 12.5 Å². The SMILES string of the molecule is CN(Cc1cc(C#CCO)cs1)C(=O)CCn1cccn1. The molecule has 2 rings (SSSR count). The number of aliphatic hydroxyl groups excluding tert-OH is 1. The van der Waals surface area contributed by atoms with Gasteiger partial charge in [-0.1, -0.05) is 11.8 Å². The average molecular weight is 303 g/mol. The molecule has 0 aliphatic rings. The summed E-state index contributed by atoms with van der Waals surface area (Å²) in [4.78, 5) is 14.8. The predicted octanol–water partition coefficient (Wildman–Crippen LogP) is 1.34. The molecule has 2 aromatic heterocycles. The molecule has 0 radical (unpaired) electrons. The van der Waals surface area contributed by atoms with E-state index in [1.165, 1.54) is 0 Å². The molecule has 2 aromatic rings. The molecule has 5 nitrogen and oxygen atoms in total. The lowest BCUT2D eigenvalue weighted by molar-refractivity contribution is -0.130. The van der Waals surface area contributed by atoms with E-state index in [1.54, 1.807) is 34.2 Å².